The molecule has 1 aliphatic carbocycles. The highest BCUT2D eigenvalue weighted by molar-refractivity contribution is 5.81. The molecule has 0 bridgehead atoms. The molecule has 2 aromatic rings. The van der Waals surface area contributed by atoms with E-state index in [9.17, 15) is 9.59 Å². The molecule has 6 heteroatoms. The first-order valence-corrected chi connectivity index (χ1v) is 9.87. The van der Waals surface area contributed by atoms with Gasteiger partial charge in [0.25, 0.3) is 5.56 Å². The fourth-order valence-electron chi connectivity index (χ4n) is 4.22. The van der Waals surface area contributed by atoms with E-state index in [-0.39, 0.29) is 11.5 Å². The number of amides is 1. The number of pyridine rings is 1. The third-order valence-corrected chi connectivity index (χ3v) is 5.73. The predicted octanol–water partition coefficient (Wildman–Crippen LogP) is 2.63. The molecule has 0 radical (unpaired) electrons. The highest BCUT2D eigenvalue weighted by Crippen LogP contribution is 2.23. The number of carbonyl (C=O) groups is 1. The van der Waals surface area contributed by atoms with Crippen LogP contribution >= 0.6 is 0 Å². The van der Waals surface area contributed by atoms with E-state index in [2.05, 4.69) is 9.97 Å². The van der Waals surface area contributed by atoms with Gasteiger partial charge in [-0.1, -0.05) is 6.92 Å². The van der Waals surface area contributed by atoms with Gasteiger partial charge < -0.3 is 4.90 Å². The summed E-state index contributed by atoms with van der Waals surface area (Å²) in [6.45, 7) is 3.54. The van der Waals surface area contributed by atoms with Crippen molar-refractivity contribution in [1.29, 1.82) is 0 Å². The molecule has 2 aliphatic rings. The van der Waals surface area contributed by atoms with E-state index < -0.39 is 6.04 Å². The number of carbonyl (C=O) groups excluding carboxylic acids is 1. The normalized spacial score (nSPS) is 18.6. The number of hydrogen-bond acceptors (Lipinski definition) is 4. The smallest absolute Gasteiger partial charge is 0.263 e. The second-order valence-electron chi connectivity index (χ2n) is 7.44. The Balaban J connectivity index is 1.73. The summed E-state index contributed by atoms with van der Waals surface area (Å²) in [4.78, 5) is 37.0. The van der Waals surface area contributed by atoms with E-state index in [1.165, 1.54) is 17.3 Å². The van der Waals surface area contributed by atoms with Crippen LogP contribution < -0.4 is 5.56 Å². The predicted molar refractivity (Wildman–Crippen MR) is 100 cm³/mol. The molecular weight excluding hydrogens is 328 g/mol. The summed E-state index contributed by atoms with van der Waals surface area (Å²) in [6, 6.07) is 1.48. The second kappa shape index (κ2) is 7.17. The van der Waals surface area contributed by atoms with Crippen LogP contribution in [0.1, 0.15) is 62.7 Å². The van der Waals surface area contributed by atoms with Crippen LogP contribution in [0.15, 0.2) is 17.2 Å². The molecule has 0 spiro atoms. The Labute approximate surface area is 153 Å². The van der Waals surface area contributed by atoms with Crippen LogP contribution in [-0.2, 0) is 17.6 Å². The van der Waals surface area contributed by atoms with E-state index in [4.69, 9.17) is 0 Å². The SMILES string of the molecule is CC[C@@H](C(=O)N1CCCCC1)n1cnc2nc3c(cc2c1=O)CCCC3. The molecule has 3 heterocycles. The molecule has 0 saturated carbocycles. The zero-order valence-electron chi connectivity index (χ0n) is 15.4. The van der Waals surface area contributed by atoms with Gasteiger partial charge in [0.15, 0.2) is 5.65 Å². The summed E-state index contributed by atoms with van der Waals surface area (Å²) in [5.41, 5.74) is 2.60. The minimum Gasteiger partial charge on any atom is -0.341 e. The molecule has 1 saturated heterocycles. The molecule has 0 N–H and O–H groups in total. The highest BCUT2D eigenvalue weighted by Gasteiger charge is 2.27. The molecule has 1 fully saturated rings. The number of hydrogen-bond donors (Lipinski definition) is 0. The molecule has 1 aliphatic heterocycles. The lowest BCUT2D eigenvalue weighted by molar-refractivity contribution is -0.135. The molecule has 26 heavy (non-hydrogen) atoms. The summed E-state index contributed by atoms with van der Waals surface area (Å²) < 4.78 is 1.52. The van der Waals surface area contributed by atoms with Crippen LogP contribution in [0.2, 0.25) is 0 Å². The minimum atomic E-state index is -0.478. The fourth-order valence-corrected chi connectivity index (χ4v) is 4.22. The van der Waals surface area contributed by atoms with Gasteiger partial charge in [-0.25, -0.2) is 9.97 Å². The maximum atomic E-state index is 13.1. The van der Waals surface area contributed by atoms with Gasteiger partial charge >= 0.3 is 0 Å². The molecule has 2 aromatic heterocycles. The van der Waals surface area contributed by atoms with Gasteiger partial charge in [0.05, 0.1) is 5.39 Å². The van der Waals surface area contributed by atoms with Crippen molar-refractivity contribution in [2.75, 3.05) is 13.1 Å². The third kappa shape index (κ3) is 3.02. The summed E-state index contributed by atoms with van der Waals surface area (Å²) in [5, 5.41) is 0.540. The number of piperidine rings is 1. The summed E-state index contributed by atoms with van der Waals surface area (Å²) in [6.07, 6.45) is 9.58. The van der Waals surface area contributed by atoms with Gasteiger partial charge in [0.2, 0.25) is 5.91 Å². The van der Waals surface area contributed by atoms with Crippen LogP contribution in [0, 0.1) is 0 Å². The first kappa shape index (κ1) is 17.2. The Morgan fingerprint density at radius 3 is 2.69 bits per heavy atom. The van der Waals surface area contributed by atoms with Crippen molar-refractivity contribution in [2.24, 2.45) is 0 Å². The highest BCUT2D eigenvalue weighted by atomic mass is 16.2. The lowest BCUT2D eigenvalue weighted by Gasteiger charge is -2.30. The summed E-state index contributed by atoms with van der Waals surface area (Å²) in [5.74, 6) is 0.0429. The summed E-state index contributed by atoms with van der Waals surface area (Å²) >= 11 is 0. The largest absolute Gasteiger partial charge is 0.341 e. The molecule has 6 nitrogen and oxygen atoms in total. The van der Waals surface area contributed by atoms with Crippen LogP contribution in [0.5, 0.6) is 0 Å². The Morgan fingerprint density at radius 2 is 1.92 bits per heavy atom. The molecular formula is C20H26N4O2. The van der Waals surface area contributed by atoms with Crippen molar-refractivity contribution < 1.29 is 4.79 Å². The van der Waals surface area contributed by atoms with Crippen molar-refractivity contribution >= 4 is 16.9 Å². The third-order valence-electron chi connectivity index (χ3n) is 5.73. The zero-order valence-corrected chi connectivity index (χ0v) is 15.4. The van der Waals surface area contributed by atoms with Crippen molar-refractivity contribution in [1.82, 2.24) is 19.4 Å². The fraction of sp³-hybridized carbons (Fsp3) is 0.600. The van der Waals surface area contributed by atoms with Crippen LogP contribution in [0.4, 0.5) is 0 Å². The Hall–Kier alpha value is -2.24. The quantitative estimate of drug-likeness (QED) is 0.850. The topological polar surface area (TPSA) is 68.1 Å². The Kier molecular flexibility index (Phi) is 4.74. The van der Waals surface area contributed by atoms with Gasteiger partial charge in [-0.05, 0) is 63.0 Å². The lowest BCUT2D eigenvalue weighted by atomic mass is 9.95. The number of fused-ring (bicyclic) bond motifs is 2. The maximum Gasteiger partial charge on any atom is 0.263 e. The van der Waals surface area contributed by atoms with Gasteiger partial charge in [0, 0.05) is 18.8 Å². The van der Waals surface area contributed by atoms with Crippen molar-refractivity contribution in [3.8, 4) is 0 Å². The van der Waals surface area contributed by atoms with Crippen LogP contribution in [-0.4, -0.2) is 38.4 Å². The Bertz CT molecular complexity index is 883. The number of nitrogens with zero attached hydrogens (tertiary/aromatic N) is 4. The summed E-state index contributed by atoms with van der Waals surface area (Å²) in [7, 11) is 0. The molecule has 0 unspecified atom stereocenters. The van der Waals surface area contributed by atoms with Gasteiger partial charge in [-0.2, -0.15) is 0 Å². The van der Waals surface area contributed by atoms with Crippen LogP contribution in [0.25, 0.3) is 11.0 Å². The molecule has 0 aromatic carbocycles. The van der Waals surface area contributed by atoms with E-state index in [1.54, 1.807) is 0 Å². The molecule has 1 atom stereocenters. The number of rotatable bonds is 3. The van der Waals surface area contributed by atoms with E-state index in [0.717, 1.165) is 62.9 Å². The van der Waals surface area contributed by atoms with Gasteiger partial charge in [-0.15, -0.1) is 0 Å². The Morgan fingerprint density at radius 1 is 1.15 bits per heavy atom. The second-order valence-corrected chi connectivity index (χ2v) is 7.44. The van der Waals surface area contributed by atoms with E-state index in [0.29, 0.717) is 17.5 Å². The maximum absolute atomic E-state index is 13.1. The van der Waals surface area contributed by atoms with Crippen molar-refractivity contribution in [3.63, 3.8) is 0 Å². The van der Waals surface area contributed by atoms with Gasteiger partial charge in [-0.3, -0.25) is 14.2 Å². The van der Waals surface area contributed by atoms with E-state index >= 15 is 0 Å². The zero-order chi connectivity index (χ0) is 18.1. The average Bonchev–Trinajstić information content (AvgIpc) is 2.69. The van der Waals surface area contributed by atoms with Gasteiger partial charge in [0.1, 0.15) is 12.4 Å². The first-order valence-electron chi connectivity index (χ1n) is 9.87. The molecule has 4 rings (SSSR count). The van der Waals surface area contributed by atoms with Crippen LogP contribution in [0.3, 0.4) is 0 Å². The van der Waals surface area contributed by atoms with Crippen molar-refractivity contribution in [3.05, 3.63) is 34.0 Å². The lowest BCUT2D eigenvalue weighted by Crippen LogP contribution is -2.42. The minimum absolute atomic E-state index is 0.0429. The molecule has 138 valence electrons. The van der Waals surface area contributed by atoms with Crippen molar-refractivity contribution in [2.45, 2.75) is 64.3 Å². The first-order chi connectivity index (χ1) is 12.7. The number of likely N-dealkylation sites (tertiary alicyclic amines) is 1. The monoisotopic (exact) mass is 354 g/mol. The molecule has 1 amide bonds. The van der Waals surface area contributed by atoms with E-state index in [1.807, 2.05) is 17.9 Å². The average molecular weight is 354 g/mol. The number of aryl methyl sites for hydroxylation is 2. The standard InChI is InChI=1S/C20H26N4O2/c1-2-17(20(26)23-10-6-3-7-11-23)24-13-21-18-15(19(24)25)12-14-8-4-5-9-16(14)22-18/h12-13,17H,2-11H2,1H3/t17-/m0/s1. The number of aromatic nitrogens is 3.